The minimum Gasteiger partial charge on any atom is -0.461 e. The van der Waals surface area contributed by atoms with Crippen LogP contribution in [-0.4, -0.2) is 52.2 Å². The summed E-state index contributed by atoms with van der Waals surface area (Å²) in [5, 5.41) is 2.56. The molecule has 0 unspecified atom stereocenters. The molecule has 1 N–H and O–H groups in total. The molecule has 0 aromatic carbocycles. The third-order valence-corrected chi connectivity index (χ3v) is 7.91. The van der Waals surface area contributed by atoms with Gasteiger partial charge >= 0.3 is 18.0 Å². The maximum absolute atomic E-state index is 12.5. The summed E-state index contributed by atoms with van der Waals surface area (Å²) < 4.78 is 16.2. The van der Waals surface area contributed by atoms with Crippen LogP contribution >= 0.6 is 35.7 Å². The van der Waals surface area contributed by atoms with Crippen molar-refractivity contribution in [2.75, 3.05) is 19.0 Å². The molecular weight excluding hydrogens is 555 g/mol. The molecule has 0 fully saturated rings. The SMILES string of the molecule is C=C(SC(=S)SCCCCCCCCCCCC)C(=O)OCCOC(=O)[C@H](CC(C)C)NC(=O)OC(C)(C)C. The number of unbranched alkanes of at least 4 members (excludes halogenated alkanes) is 9. The van der Waals surface area contributed by atoms with Crippen LogP contribution in [0.2, 0.25) is 0 Å². The highest BCUT2D eigenvalue weighted by Gasteiger charge is 2.26. The number of thiocarbonyl (C=S) groups is 1. The Labute approximate surface area is 250 Å². The Balaban J connectivity index is 4.10. The molecule has 0 aliphatic carbocycles. The van der Waals surface area contributed by atoms with E-state index in [9.17, 15) is 14.4 Å². The smallest absolute Gasteiger partial charge is 0.408 e. The van der Waals surface area contributed by atoms with E-state index in [1.165, 1.54) is 57.8 Å². The number of alkyl carbamates (subject to hydrolysis) is 1. The first-order chi connectivity index (χ1) is 18.4. The first kappa shape index (κ1) is 37.7. The second-order valence-corrected chi connectivity index (χ2v) is 14.3. The summed E-state index contributed by atoms with van der Waals surface area (Å²) in [6.07, 6.45) is 12.6. The van der Waals surface area contributed by atoms with Gasteiger partial charge in [-0.25, -0.2) is 14.4 Å². The molecule has 10 heteroatoms. The lowest BCUT2D eigenvalue weighted by atomic mass is 10.0. The predicted molar refractivity (Wildman–Crippen MR) is 168 cm³/mol. The largest absolute Gasteiger partial charge is 0.461 e. The van der Waals surface area contributed by atoms with Gasteiger partial charge in [-0.15, -0.1) is 11.8 Å². The van der Waals surface area contributed by atoms with Crippen molar-refractivity contribution in [2.24, 2.45) is 5.92 Å². The van der Waals surface area contributed by atoms with E-state index >= 15 is 0 Å². The number of hydrogen-bond acceptors (Lipinski definition) is 9. The average molecular weight is 606 g/mol. The zero-order chi connectivity index (χ0) is 29.7. The number of thioether (sulfide) groups is 2. The van der Waals surface area contributed by atoms with Crippen molar-refractivity contribution in [1.82, 2.24) is 5.32 Å². The highest BCUT2D eigenvalue weighted by Crippen LogP contribution is 2.26. The van der Waals surface area contributed by atoms with Gasteiger partial charge < -0.3 is 19.5 Å². The second kappa shape index (κ2) is 22.4. The van der Waals surface area contributed by atoms with E-state index in [0.29, 0.717) is 9.95 Å². The number of rotatable bonds is 20. The van der Waals surface area contributed by atoms with Gasteiger partial charge in [0.25, 0.3) is 0 Å². The van der Waals surface area contributed by atoms with Crippen molar-refractivity contribution in [3.8, 4) is 0 Å². The van der Waals surface area contributed by atoms with Crippen molar-refractivity contribution >= 4 is 57.3 Å². The van der Waals surface area contributed by atoms with Crippen LogP contribution in [0.25, 0.3) is 0 Å². The van der Waals surface area contributed by atoms with Gasteiger partial charge in [-0.1, -0.05) is 109 Å². The normalized spacial score (nSPS) is 12.1. The van der Waals surface area contributed by atoms with Crippen LogP contribution in [0.1, 0.15) is 112 Å². The monoisotopic (exact) mass is 605 g/mol. The molecule has 0 rings (SSSR count). The van der Waals surface area contributed by atoms with E-state index in [0.717, 1.165) is 23.9 Å². The van der Waals surface area contributed by atoms with E-state index < -0.39 is 29.7 Å². The van der Waals surface area contributed by atoms with E-state index in [-0.39, 0.29) is 24.0 Å². The minimum absolute atomic E-state index is 0.122. The molecule has 0 aliphatic rings. The standard InChI is InChI=1S/C29H51NO6S3/c1-8-9-10-11-12-13-14-15-16-17-20-38-28(37)39-23(4)25(31)34-18-19-35-26(32)24(21-22(2)3)30-27(33)36-29(5,6)7/h22,24H,4,8-21H2,1-3,5-7H3,(H,30,33)/t24-/m0/s1. The molecule has 1 amide bonds. The molecule has 0 saturated heterocycles. The van der Waals surface area contributed by atoms with Gasteiger partial charge in [0.2, 0.25) is 0 Å². The highest BCUT2D eigenvalue weighted by atomic mass is 32.2. The van der Waals surface area contributed by atoms with E-state index in [1.54, 1.807) is 32.5 Å². The van der Waals surface area contributed by atoms with Gasteiger partial charge in [0.1, 0.15) is 28.4 Å². The summed E-state index contributed by atoms with van der Waals surface area (Å²) >= 11 is 8.05. The Morgan fingerprint density at radius 2 is 1.44 bits per heavy atom. The van der Waals surface area contributed by atoms with Gasteiger partial charge in [-0.3, -0.25) is 0 Å². The summed E-state index contributed by atoms with van der Waals surface area (Å²) in [6, 6.07) is -0.856. The fourth-order valence-electron chi connectivity index (χ4n) is 3.51. The van der Waals surface area contributed by atoms with Crippen molar-refractivity contribution in [3.63, 3.8) is 0 Å². The van der Waals surface area contributed by atoms with Crippen molar-refractivity contribution < 1.29 is 28.6 Å². The Hall–Kier alpha value is -1.26. The molecule has 226 valence electrons. The van der Waals surface area contributed by atoms with E-state index in [2.05, 4.69) is 18.8 Å². The zero-order valence-electron chi connectivity index (χ0n) is 24.9. The Morgan fingerprint density at radius 1 is 0.897 bits per heavy atom. The first-order valence-electron chi connectivity index (χ1n) is 14.2. The first-order valence-corrected chi connectivity index (χ1v) is 16.4. The lowest BCUT2D eigenvalue weighted by Gasteiger charge is -2.23. The maximum atomic E-state index is 12.5. The summed E-state index contributed by atoms with van der Waals surface area (Å²) in [5.74, 6) is -0.135. The molecule has 0 aromatic rings. The molecule has 0 heterocycles. The minimum atomic E-state index is -0.856. The lowest BCUT2D eigenvalue weighted by molar-refractivity contribution is -0.151. The highest BCUT2D eigenvalue weighted by molar-refractivity contribution is 8.48. The average Bonchev–Trinajstić information content (AvgIpc) is 2.82. The quantitative estimate of drug-likeness (QED) is 0.0485. The molecule has 0 bridgehead atoms. The Bertz CT molecular complexity index is 752. The molecule has 0 spiro atoms. The summed E-state index contributed by atoms with van der Waals surface area (Å²) in [5.41, 5.74) is -0.682. The van der Waals surface area contributed by atoms with Gasteiger partial charge in [-0.05, 0) is 45.3 Å². The van der Waals surface area contributed by atoms with Gasteiger partial charge in [0.15, 0.2) is 0 Å². The number of nitrogens with one attached hydrogen (secondary N) is 1. The molecule has 0 radical (unpaired) electrons. The van der Waals surface area contributed by atoms with Gasteiger partial charge in [0.05, 0.1) is 4.91 Å². The van der Waals surface area contributed by atoms with Crippen LogP contribution in [0.4, 0.5) is 4.79 Å². The molecule has 39 heavy (non-hydrogen) atoms. The fraction of sp³-hybridized carbons (Fsp3) is 0.793. The molecular formula is C29H51NO6S3. The van der Waals surface area contributed by atoms with Crippen LogP contribution in [-0.2, 0) is 23.8 Å². The Kier molecular flexibility index (Phi) is 21.7. The molecule has 7 nitrogen and oxygen atoms in total. The topological polar surface area (TPSA) is 90.9 Å². The van der Waals surface area contributed by atoms with Crippen LogP contribution in [0.5, 0.6) is 0 Å². The van der Waals surface area contributed by atoms with E-state index in [4.69, 9.17) is 26.4 Å². The van der Waals surface area contributed by atoms with Crippen LogP contribution < -0.4 is 5.32 Å². The third kappa shape index (κ3) is 23.2. The van der Waals surface area contributed by atoms with Gasteiger partial charge in [-0.2, -0.15) is 0 Å². The Morgan fingerprint density at radius 3 is 1.97 bits per heavy atom. The zero-order valence-corrected chi connectivity index (χ0v) is 27.4. The third-order valence-electron chi connectivity index (χ3n) is 5.40. The van der Waals surface area contributed by atoms with E-state index in [1.807, 2.05) is 13.8 Å². The van der Waals surface area contributed by atoms with Crippen molar-refractivity contribution in [1.29, 1.82) is 0 Å². The predicted octanol–water partition coefficient (Wildman–Crippen LogP) is 8.20. The number of esters is 2. The van der Waals surface area contributed by atoms with Crippen LogP contribution in [0.3, 0.4) is 0 Å². The van der Waals surface area contributed by atoms with Crippen LogP contribution in [0, 0.1) is 5.92 Å². The molecule has 1 atom stereocenters. The number of hydrogen-bond donors (Lipinski definition) is 1. The molecule has 0 aliphatic heterocycles. The number of carbonyl (C=O) groups is 3. The number of amides is 1. The fourth-order valence-corrected chi connectivity index (χ4v) is 5.71. The summed E-state index contributed by atoms with van der Waals surface area (Å²) in [7, 11) is 0. The molecule has 0 saturated carbocycles. The number of ether oxygens (including phenoxy) is 3. The lowest BCUT2D eigenvalue weighted by Crippen LogP contribution is -2.45. The van der Waals surface area contributed by atoms with Crippen LogP contribution in [0.15, 0.2) is 11.5 Å². The second-order valence-electron chi connectivity index (χ2n) is 10.9. The summed E-state index contributed by atoms with van der Waals surface area (Å²) in [4.78, 5) is 37.0. The molecule has 0 aromatic heterocycles. The van der Waals surface area contributed by atoms with Crippen molar-refractivity contribution in [3.05, 3.63) is 11.5 Å². The summed E-state index contributed by atoms with van der Waals surface area (Å²) in [6.45, 7) is 14.8. The maximum Gasteiger partial charge on any atom is 0.408 e. The van der Waals surface area contributed by atoms with Gasteiger partial charge in [0, 0.05) is 0 Å². The van der Waals surface area contributed by atoms with Crippen molar-refractivity contribution in [2.45, 2.75) is 124 Å². The number of carbonyl (C=O) groups excluding carboxylic acids is 3.